The molecular weight excluding hydrogens is 302 g/mol. The Morgan fingerprint density at radius 2 is 1.92 bits per heavy atom. The molecule has 24 heavy (non-hydrogen) atoms. The Labute approximate surface area is 143 Å². The number of carbonyl (C=O) groups excluding carboxylic acids is 1. The maximum atomic E-state index is 12.2. The van der Waals surface area contributed by atoms with Gasteiger partial charge in [0.2, 0.25) is 0 Å². The second kappa shape index (κ2) is 7.57. The molecule has 0 aliphatic rings. The second-order valence-corrected chi connectivity index (χ2v) is 6.89. The van der Waals surface area contributed by atoms with E-state index in [1.54, 1.807) is 4.68 Å². The van der Waals surface area contributed by atoms with Crippen molar-refractivity contribution >= 4 is 5.91 Å². The lowest BCUT2D eigenvalue weighted by molar-refractivity contribution is 0.0948. The highest BCUT2D eigenvalue weighted by Gasteiger charge is 2.20. The third kappa shape index (κ3) is 4.00. The first-order valence-corrected chi connectivity index (χ1v) is 8.42. The Morgan fingerprint density at radius 1 is 1.25 bits per heavy atom. The van der Waals surface area contributed by atoms with Gasteiger partial charge in [0.05, 0.1) is 11.4 Å². The molecule has 0 aliphatic carbocycles. The molecule has 0 atom stereocenters. The zero-order valence-corrected chi connectivity index (χ0v) is 15.0. The Balaban J connectivity index is 2.36. The van der Waals surface area contributed by atoms with Crippen molar-refractivity contribution in [1.82, 2.24) is 20.3 Å². The Morgan fingerprint density at radius 3 is 2.46 bits per heavy atom. The van der Waals surface area contributed by atoms with Gasteiger partial charge in [-0.15, -0.1) is 5.10 Å². The highest BCUT2D eigenvalue weighted by molar-refractivity contribution is 5.93. The van der Waals surface area contributed by atoms with Gasteiger partial charge in [-0.3, -0.25) is 4.79 Å². The van der Waals surface area contributed by atoms with E-state index in [1.807, 2.05) is 12.1 Å². The van der Waals surface area contributed by atoms with Crippen molar-refractivity contribution in [2.45, 2.75) is 46.0 Å². The molecule has 6 heteroatoms. The number of aromatic nitrogens is 3. The lowest BCUT2D eigenvalue weighted by atomic mass is 9.87. The number of nitrogens with zero attached hydrogens (tertiary/aromatic N) is 3. The van der Waals surface area contributed by atoms with Crippen molar-refractivity contribution in [1.29, 1.82) is 0 Å². The first-order chi connectivity index (χ1) is 11.4. The van der Waals surface area contributed by atoms with E-state index in [9.17, 15) is 4.79 Å². The normalized spacial score (nSPS) is 11.5. The van der Waals surface area contributed by atoms with Gasteiger partial charge in [0.25, 0.3) is 5.91 Å². The number of amides is 1. The summed E-state index contributed by atoms with van der Waals surface area (Å²) < 4.78 is 1.76. The van der Waals surface area contributed by atoms with E-state index in [0.29, 0.717) is 18.8 Å². The van der Waals surface area contributed by atoms with Crippen molar-refractivity contribution in [3.8, 4) is 5.69 Å². The van der Waals surface area contributed by atoms with Crippen molar-refractivity contribution < 1.29 is 4.79 Å². The maximum Gasteiger partial charge on any atom is 0.273 e. The Bertz CT molecular complexity index is 682. The summed E-state index contributed by atoms with van der Waals surface area (Å²) in [5.41, 5.74) is 8.92. The van der Waals surface area contributed by atoms with Gasteiger partial charge in [-0.25, -0.2) is 4.68 Å². The van der Waals surface area contributed by atoms with Crippen LogP contribution in [0.4, 0.5) is 0 Å². The second-order valence-electron chi connectivity index (χ2n) is 6.89. The maximum absolute atomic E-state index is 12.2. The average molecular weight is 329 g/mol. The number of hydrogen-bond donors (Lipinski definition) is 2. The molecule has 130 valence electrons. The lowest BCUT2D eigenvalue weighted by Gasteiger charge is -2.19. The van der Waals surface area contributed by atoms with E-state index in [0.717, 1.165) is 24.2 Å². The molecule has 0 radical (unpaired) electrons. The van der Waals surface area contributed by atoms with Crippen LogP contribution in [0, 0.1) is 0 Å². The van der Waals surface area contributed by atoms with Gasteiger partial charge in [-0.1, -0.05) is 51.5 Å². The van der Waals surface area contributed by atoms with Gasteiger partial charge in [-0.2, -0.15) is 0 Å². The minimum atomic E-state index is -0.221. The van der Waals surface area contributed by atoms with Gasteiger partial charge in [-0.05, 0) is 29.5 Å². The van der Waals surface area contributed by atoms with Crippen molar-refractivity contribution in [3.63, 3.8) is 0 Å². The summed E-state index contributed by atoms with van der Waals surface area (Å²) >= 11 is 0. The summed E-state index contributed by atoms with van der Waals surface area (Å²) in [5.74, 6) is -0.221. The third-order valence-electron chi connectivity index (χ3n) is 3.87. The fourth-order valence-electron chi connectivity index (χ4n) is 2.52. The monoisotopic (exact) mass is 329 g/mol. The summed E-state index contributed by atoms with van der Waals surface area (Å²) in [6, 6.07) is 8.24. The number of nitrogens with two attached hydrogens (primary N) is 1. The predicted octanol–water partition coefficient (Wildman–Crippen LogP) is 2.21. The molecule has 1 aromatic heterocycles. The first-order valence-electron chi connectivity index (χ1n) is 8.42. The highest BCUT2D eigenvalue weighted by atomic mass is 16.2. The van der Waals surface area contributed by atoms with Crippen LogP contribution in [0.15, 0.2) is 24.3 Å². The molecule has 3 N–H and O–H groups in total. The number of benzene rings is 1. The molecule has 6 nitrogen and oxygen atoms in total. The fourth-order valence-corrected chi connectivity index (χ4v) is 2.52. The Hall–Kier alpha value is -2.21. The molecule has 0 saturated heterocycles. The quantitative estimate of drug-likeness (QED) is 0.851. The smallest absolute Gasteiger partial charge is 0.273 e. The van der Waals surface area contributed by atoms with E-state index < -0.39 is 0 Å². The van der Waals surface area contributed by atoms with E-state index in [2.05, 4.69) is 55.5 Å². The molecule has 0 bridgehead atoms. The lowest BCUT2D eigenvalue weighted by Crippen LogP contribution is -2.30. The van der Waals surface area contributed by atoms with Crippen LogP contribution in [-0.2, 0) is 11.8 Å². The molecule has 2 aromatic rings. The van der Waals surface area contributed by atoms with Gasteiger partial charge >= 0.3 is 0 Å². The van der Waals surface area contributed by atoms with Gasteiger partial charge in [0.15, 0.2) is 5.69 Å². The van der Waals surface area contributed by atoms with Crippen LogP contribution in [-0.4, -0.2) is 34.0 Å². The first kappa shape index (κ1) is 18.1. The van der Waals surface area contributed by atoms with E-state index in [-0.39, 0.29) is 11.3 Å². The van der Waals surface area contributed by atoms with E-state index in [1.165, 1.54) is 5.56 Å². The molecule has 1 heterocycles. The molecule has 2 rings (SSSR count). The minimum Gasteiger partial charge on any atom is -0.349 e. The van der Waals surface area contributed by atoms with Gasteiger partial charge in [0, 0.05) is 13.1 Å². The topological polar surface area (TPSA) is 85.8 Å². The van der Waals surface area contributed by atoms with Crippen molar-refractivity contribution in [3.05, 3.63) is 41.2 Å². The molecule has 1 amide bonds. The van der Waals surface area contributed by atoms with Crippen LogP contribution in [0.2, 0.25) is 0 Å². The SMILES string of the molecule is CCCc1c(C(=O)NCCN)nnn1-c1ccc(C(C)(C)C)cc1. The fraction of sp³-hybridized carbons (Fsp3) is 0.500. The van der Waals surface area contributed by atoms with Gasteiger partial charge < -0.3 is 11.1 Å². The summed E-state index contributed by atoms with van der Waals surface area (Å²) in [5, 5.41) is 11.1. The summed E-state index contributed by atoms with van der Waals surface area (Å²) in [7, 11) is 0. The standard InChI is InChI=1S/C18H27N5O/c1-5-6-15-16(17(24)20-12-11-19)21-22-23(15)14-9-7-13(8-10-14)18(2,3)4/h7-10H,5-6,11-12,19H2,1-4H3,(H,20,24). The van der Waals surface area contributed by atoms with Crippen LogP contribution in [0.25, 0.3) is 5.69 Å². The summed E-state index contributed by atoms with van der Waals surface area (Å²) in [6.07, 6.45) is 1.64. The number of nitrogens with one attached hydrogen (secondary N) is 1. The largest absolute Gasteiger partial charge is 0.349 e. The number of hydrogen-bond acceptors (Lipinski definition) is 4. The highest BCUT2D eigenvalue weighted by Crippen LogP contribution is 2.24. The minimum absolute atomic E-state index is 0.0976. The van der Waals surface area contributed by atoms with Crippen LogP contribution >= 0.6 is 0 Å². The third-order valence-corrected chi connectivity index (χ3v) is 3.87. The number of carbonyl (C=O) groups is 1. The zero-order valence-electron chi connectivity index (χ0n) is 15.0. The van der Waals surface area contributed by atoms with Crippen molar-refractivity contribution in [2.24, 2.45) is 5.73 Å². The number of rotatable bonds is 6. The summed E-state index contributed by atoms with van der Waals surface area (Å²) in [4.78, 5) is 12.2. The average Bonchev–Trinajstić information content (AvgIpc) is 2.96. The molecule has 0 unspecified atom stereocenters. The van der Waals surface area contributed by atoms with Crippen LogP contribution in [0.3, 0.4) is 0 Å². The molecule has 1 aromatic carbocycles. The van der Waals surface area contributed by atoms with E-state index >= 15 is 0 Å². The summed E-state index contributed by atoms with van der Waals surface area (Å²) in [6.45, 7) is 9.44. The molecule has 0 spiro atoms. The molecular formula is C18H27N5O. The zero-order chi connectivity index (χ0) is 17.7. The van der Waals surface area contributed by atoms with Crippen LogP contribution in [0.1, 0.15) is 55.9 Å². The molecule has 0 saturated carbocycles. The van der Waals surface area contributed by atoms with Crippen LogP contribution < -0.4 is 11.1 Å². The van der Waals surface area contributed by atoms with E-state index in [4.69, 9.17) is 5.73 Å². The Kier molecular flexibility index (Phi) is 5.72. The predicted molar refractivity (Wildman–Crippen MR) is 95.4 cm³/mol. The molecule has 0 aliphatic heterocycles. The molecule has 0 fully saturated rings. The van der Waals surface area contributed by atoms with Gasteiger partial charge in [0.1, 0.15) is 0 Å². The van der Waals surface area contributed by atoms with Crippen LogP contribution in [0.5, 0.6) is 0 Å². The van der Waals surface area contributed by atoms with Crippen molar-refractivity contribution in [2.75, 3.05) is 13.1 Å².